The Morgan fingerprint density at radius 2 is 1.59 bits per heavy atom. The number of guanidine groups is 1. The van der Waals surface area contributed by atoms with Crippen LogP contribution in [-0.4, -0.2) is 13.0 Å². The number of benzene rings is 2. The molecule has 0 aromatic heterocycles. The van der Waals surface area contributed by atoms with E-state index in [9.17, 15) is 0 Å². The Bertz CT molecular complexity index is 638. The van der Waals surface area contributed by atoms with Gasteiger partial charge >= 0.3 is 0 Å². The molecule has 0 aliphatic carbocycles. The third kappa shape index (κ3) is 4.50. The van der Waals surface area contributed by atoms with Crippen molar-refractivity contribution in [1.29, 1.82) is 0 Å². The molecular formula is C18H23ClN3-. The first kappa shape index (κ1) is 18.1. The molecule has 2 N–H and O–H groups in total. The molecule has 0 atom stereocenters. The van der Waals surface area contributed by atoms with Gasteiger partial charge in [0.1, 0.15) is 0 Å². The number of aryl methyl sites for hydroxylation is 2. The molecule has 0 aliphatic heterocycles. The van der Waals surface area contributed by atoms with Crippen LogP contribution in [0.25, 0.3) is 0 Å². The second-order valence-corrected chi connectivity index (χ2v) is 5.08. The van der Waals surface area contributed by atoms with Gasteiger partial charge in [-0.25, -0.2) is 4.99 Å². The average molecular weight is 317 g/mol. The van der Waals surface area contributed by atoms with Gasteiger partial charge in [-0.1, -0.05) is 38.1 Å². The van der Waals surface area contributed by atoms with E-state index in [1.54, 1.807) is 0 Å². The minimum Gasteiger partial charge on any atom is -1.00 e. The van der Waals surface area contributed by atoms with Crippen LogP contribution >= 0.6 is 0 Å². The minimum absolute atomic E-state index is 0. The fourth-order valence-electron chi connectivity index (χ4n) is 2.17. The number of rotatable bonds is 4. The van der Waals surface area contributed by atoms with Crippen LogP contribution in [0.5, 0.6) is 0 Å². The van der Waals surface area contributed by atoms with E-state index in [2.05, 4.69) is 49.2 Å². The number of nitrogens with two attached hydrogens (primary N) is 1. The molecule has 2 aromatic carbocycles. The third-order valence-corrected chi connectivity index (χ3v) is 3.61. The van der Waals surface area contributed by atoms with Gasteiger partial charge in [0.05, 0.1) is 5.69 Å². The topological polar surface area (TPSA) is 41.6 Å². The quantitative estimate of drug-likeness (QED) is 0.672. The highest BCUT2D eigenvalue weighted by Crippen LogP contribution is 2.18. The summed E-state index contributed by atoms with van der Waals surface area (Å²) in [7, 11) is 1.94. The standard InChI is InChI=1S/C18H23N3.ClH/c1-4-14-8-6-10-16(12-14)20-18(19)21(3)17-11-7-9-15(5-2)13-17;/h6-13H,4-5H2,1-3H3,(H2,19,20);1H/p-1. The van der Waals surface area contributed by atoms with Gasteiger partial charge in [-0.05, 0) is 48.2 Å². The van der Waals surface area contributed by atoms with Crippen molar-refractivity contribution in [3.63, 3.8) is 0 Å². The summed E-state index contributed by atoms with van der Waals surface area (Å²) >= 11 is 0. The highest BCUT2D eigenvalue weighted by atomic mass is 35.5. The molecule has 0 bridgehead atoms. The Balaban J connectivity index is 0.00000242. The molecule has 0 fully saturated rings. The zero-order valence-corrected chi connectivity index (χ0v) is 14.1. The van der Waals surface area contributed by atoms with Crippen LogP contribution in [0, 0.1) is 0 Å². The maximum atomic E-state index is 6.14. The van der Waals surface area contributed by atoms with Gasteiger partial charge < -0.3 is 23.0 Å². The van der Waals surface area contributed by atoms with Crippen LogP contribution in [0.4, 0.5) is 11.4 Å². The molecule has 22 heavy (non-hydrogen) atoms. The largest absolute Gasteiger partial charge is 1.00 e. The summed E-state index contributed by atoms with van der Waals surface area (Å²) in [6.45, 7) is 4.28. The summed E-state index contributed by atoms with van der Waals surface area (Å²) in [4.78, 5) is 6.43. The van der Waals surface area contributed by atoms with Crippen LogP contribution in [0.3, 0.4) is 0 Å². The number of halogens is 1. The van der Waals surface area contributed by atoms with Crippen molar-refractivity contribution >= 4 is 17.3 Å². The van der Waals surface area contributed by atoms with Crippen LogP contribution in [-0.2, 0) is 12.8 Å². The van der Waals surface area contributed by atoms with Gasteiger partial charge in [-0.15, -0.1) is 0 Å². The van der Waals surface area contributed by atoms with Gasteiger partial charge in [0.2, 0.25) is 5.96 Å². The van der Waals surface area contributed by atoms with E-state index < -0.39 is 0 Å². The van der Waals surface area contributed by atoms with Gasteiger partial charge in [0.25, 0.3) is 0 Å². The molecule has 0 heterocycles. The fourth-order valence-corrected chi connectivity index (χ4v) is 2.17. The Morgan fingerprint density at radius 1 is 1.00 bits per heavy atom. The van der Waals surface area contributed by atoms with Gasteiger partial charge in [-0.3, -0.25) is 0 Å². The monoisotopic (exact) mass is 316 g/mol. The Kier molecular flexibility index (Phi) is 6.93. The number of hydrogen-bond acceptors (Lipinski definition) is 1. The molecule has 0 radical (unpaired) electrons. The number of aliphatic imine (C=N–C) groups is 1. The minimum atomic E-state index is 0. The maximum Gasteiger partial charge on any atom is 0.200 e. The second kappa shape index (κ2) is 8.44. The van der Waals surface area contributed by atoms with Crippen molar-refractivity contribution in [1.82, 2.24) is 0 Å². The van der Waals surface area contributed by atoms with E-state index in [-0.39, 0.29) is 12.4 Å². The lowest BCUT2D eigenvalue weighted by molar-refractivity contribution is -0.00000457. The molecule has 118 valence electrons. The van der Waals surface area contributed by atoms with Gasteiger partial charge in [0, 0.05) is 12.7 Å². The summed E-state index contributed by atoms with van der Waals surface area (Å²) in [5.41, 5.74) is 10.6. The number of nitrogens with zero attached hydrogens (tertiary/aromatic N) is 2. The lowest BCUT2D eigenvalue weighted by Crippen LogP contribution is -3.00. The van der Waals surface area contributed by atoms with Crippen LogP contribution in [0.2, 0.25) is 0 Å². The fraction of sp³-hybridized carbons (Fsp3) is 0.278. The molecule has 2 aromatic rings. The predicted molar refractivity (Wildman–Crippen MR) is 91.3 cm³/mol. The molecule has 0 saturated heterocycles. The van der Waals surface area contributed by atoms with Crippen molar-refractivity contribution in [2.24, 2.45) is 10.7 Å². The van der Waals surface area contributed by atoms with E-state index in [4.69, 9.17) is 5.73 Å². The van der Waals surface area contributed by atoms with Crippen LogP contribution < -0.4 is 23.0 Å². The molecule has 3 nitrogen and oxygen atoms in total. The van der Waals surface area contributed by atoms with Crippen molar-refractivity contribution < 1.29 is 12.4 Å². The first-order valence-electron chi connectivity index (χ1n) is 7.39. The highest BCUT2D eigenvalue weighted by molar-refractivity contribution is 5.95. The SMILES string of the molecule is CCc1cccc(N=C(N)N(C)c2cccc(CC)c2)c1.[Cl-]. The number of anilines is 1. The first-order valence-corrected chi connectivity index (χ1v) is 7.39. The van der Waals surface area contributed by atoms with Crippen molar-refractivity contribution in [3.05, 3.63) is 59.7 Å². The van der Waals surface area contributed by atoms with Gasteiger partial charge in [-0.2, -0.15) is 0 Å². The van der Waals surface area contributed by atoms with Crippen LogP contribution in [0.1, 0.15) is 25.0 Å². The average Bonchev–Trinajstić information content (AvgIpc) is 2.54. The smallest absolute Gasteiger partial charge is 0.200 e. The summed E-state index contributed by atoms with van der Waals surface area (Å²) in [5.74, 6) is 0.497. The summed E-state index contributed by atoms with van der Waals surface area (Å²) in [6.07, 6.45) is 2.01. The molecule has 2 rings (SSSR count). The molecule has 0 amide bonds. The number of hydrogen-bond donors (Lipinski definition) is 1. The zero-order valence-electron chi connectivity index (χ0n) is 13.4. The van der Waals surface area contributed by atoms with E-state index >= 15 is 0 Å². The van der Waals surface area contributed by atoms with Crippen molar-refractivity contribution in [3.8, 4) is 0 Å². The van der Waals surface area contributed by atoms with Gasteiger partial charge in [0.15, 0.2) is 0 Å². The molecule has 0 spiro atoms. The molecule has 0 aliphatic rings. The first-order chi connectivity index (χ1) is 10.1. The summed E-state index contributed by atoms with van der Waals surface area (Å²) in [5, 5.41) is 0. The second-order valence-electron chi connectivity index (χ2n) is 5.08. The lowest BCUT2D eigenvalue weighted by Gasteiger charge is -2.19. The van der Waals surface area contributed by atoms with E-state index in [0.29, 0.717) is 5.96 Å². The van der Waals surface area contributed by atoms with E-state index in [1.807, 2.05) is 30.1 Å². The zero-order chi connectivity index (χ0) is 15.2. The Morgan fingerprint density at radius 3 is 2.23 bits per heavy atom. The summed E-state index contributed by atoms with van der Waals surface area (Å²) < 4.78 is 0. The van der Waals surface area contributed by atoms with E-state index in [1.165, 1.54) is 11.1 Å². The van der Waals surface area contributed by atoms with Crippen molar-refractivity contribution in [2.75, 3.05) is 11.9 Å². The predicted octanol–water partition coefficient (Wildman–Crippen LogP) is 0.898. The lowest BCUT2D eigenvalue weighted by atomic mass is 10.1. The van der Waals surface area contributed by atoms with Crippen LogP contribution in [0.15, 0.2) is 53.5 Å². The Hall–Kier alpha value is -2.00. The summed E-state index contributed by atoms with van der Waals surface area (Å²) in [6, 6.07) is 16.5. The molecule has 0 unspecified atom stereocenters. The molecular weight excluding hydrogens is 294 g/mol. The Labute approximate surface area is 139 Å². The third-order valence-electron chi connectivity index (χ3n) is 3.61. The van der Waals surface area contributed by atoms with Crippen molar-refractivity contribution in [2.45, 2.75) is 26.7 Å². The molecule has 0 saturated carbocycles. The highest BCUT2D eigenvalue weighted by Gasteiger charge is 2.06. The maximum absolute atomic E-state index is 6.14. The molecule has 4 heteroatoms. The van der Waals surface area contributed by atoms with E-state index in [0.717, 1.165) is 24.2 Å². The normalized spacial score (nSPS) is 11.0.